The third-order valence-corrected chi connectivity index (χ3v) is 3.37. The van der Waals surface area contributed by atoms with Gasteiger partial charge < -0.3 is 10.6 Å². The molecule has 3 aromatic rings. The van der Waals surface area contributed by atoms with Gasteiger partial charge in [-0.2, -0.15) is 0 Å². The zero-order valence-electron chi connectivity index (χ0n) is 12.5. The van der Waals surface area contributed by atoms with Gasteiger partial charge >= 0.3 is 11.8 Å². The SMILES string of the molecule is Cc1ccc(NC(=O)C(=O)Nc2ccc3ccccc3c2)nc1. The van der Waals surface area contributed by atoms with Crippen LogP contribution in [0.2, 0.25) is 0 Å². The highest BCUT2D eigenvalue weighted by atomic mass is 16.2. The molecule has 0 unspecified atom stereocenters. The van der Waals surface area contributed by atoms with E-state index in [0.29, 0.717) is 11.5 Å². The Bertz CT molecular complexity index is 873. The lowest BCUT2D eigenvalue weighted by atomic mass is 10.1. The number of aryl methyl sites for hydroxylation is 1. The van der Waals surface area contributed by atoms with Gasteiger partial charge in [-0.1, -0.05) is 36.4 Å². The second-order valence-electron chi connectivity index (χ2n) is 5.19. The van der Waals surface area contributed by atoms with E-state index in [0.717, 1.165) is 16.3 Å². The molecule has 2 aromatic carbocycles. The summed E-state index contributed by atoms with van der Waals surface area (Å²) in [4.78, 5) is 27.9. The van der Waals surface area contributed by atoms with E-state index in [4.69, 9.17) is 0 Å². The smallest absolute Gasteiger partial charge is 0.315 e. The van der Waals surface area contributed by atoms with Crippen molar-refractivity contribution >= 4 is 34.1 Å². The number of pyridine rings is 1. The van der Waals surface area contributed by atoms with E-state index >= 15 is 0 Å². The van der Waals surface area contributed by atoms with E-state index in [1.807, 2.05) is 49.4 Å². The van der Waals surface area contributed by atoms with Crippen LogP contribution in [0.4, 0.5) is 11.5 Å². The van der Waals surface area contributed by atoms with E-state index in [-0.39, 0.29) is 0 Å². The highest BCUT2D eigenvalue weighted by Crippen LogP contribution is 2.18. The number of nitrogens with one attached hydrogen (secondary N) is 2. The Hall–Kier alpha value is -3.21. The number of carbonyl (C=O) groups is 2. The largest absolute Gasteiger partial charge is 0.318 e. The molecule has 0 spiro atoms. The number of aromatic nitrogens is 1. The summed E-state index contributed by atoms with van der Waals surface area (Å²) >= 11 is 0. The van der Waals surface area contributed by atoms with Crippen LogP contribution >= 0.6 is 0 Å². The number of carbonyl (C=O) groups excluding carboxylic acids is 2. The molecule has 5 nitrogen and oxygen atoms in total. The van der Waals surface area contributed by atoms with Crippen molar-refractivity contribution in [3.05, 3.63) is 66.4 Å². The first-order valence-electron chi connectivity index (χ1n) is 7.15. The van der Waals surface area contributed by atoms with Gasteiger partial charge in [0.1, 0.15) is 5.82 Å². The summed E-state index contributed by atoms with van der Waals surface area (Å²) in [5, 5.41) is 7.11. The lowest BCUT2D eigenvalue weighted by molar-refractivity contribution is -0.133. The molecule has 0 aliphatic carbocycles. The van der Waals surface area contributed by atoms with Gasteiger partial charge in [0.25, 0.3) is 0 Å². The Morgan fingerprint density at radius 1 is 0.870 bits per heavy atom. The fraction of sp³-hybridized carbons (Fsp3) is 0.0556. The molecule has 0 fully saturated rings. The van der Waals surface area contributed by atoms with E-state index in [1.54, 1.807) is 18.3 Å². The maximum atomic E-state index is 12.0. The standard InChI is InChI=1S/C18H15N3O2/c1-12-6-9-16(19-11-12)21-18(23)17(22)20-15-8-7-13-4-2-3-5-14(13)10-15/h2-11H,1H3,(H,20,22)(H,19,21,23). The highest BCUT2D eigenvalue weighted by molar-refractivity contribution is 6.43. The van der Waals surface area contributed by atoms with Gasteiger partial charge in [-0.05, 0) is 41.5 Å². The fourth-order valence-electron chi connectivity index (χ4n) is 2.17. The quantitative estimate of drug-likeness (QED) is 0.715. The van der Waals surface area contributed by atoms with Crippen LogP contribution in [0.5, 0.6) is 0 Å². The number of amides is 2. The minimum atomic E-state index is -0.755. The van der Waals surface area contributed by atoms with Gasteiger partial charge in [-0.25, -0.2) is 4.98 Å². The zero-order chi connectivity index (χ0) is 16.2. The lowest BCUT2D eigenvalue weighted by Crippen LogP contribution is -2.29. The molecule has 0 atom stereocenters. The third-order valence-electron chi connectivity index (χ3n) is 3.37. The molecule has 114 valence electrons. The molecule has 0 radical (unpaired) electrons. The van der Waals surface area contributed by atoms with E-state index in [1.165, 1.54) is 0 Å². The van der Waals surface area contributed by atoms with Crippen molar-refractivity contribution in [2.75, 3.05) is 10.6 Å². The molecule has 0 bridgehead atoms. The number of hydrogen-bond acceptors (Lipinski definition) is 3. The molecular formula is C18H15N3O2. The predicted molar refractivity (Wildman–Crippen MR) is 90.2 cm³/mol. The Kier molecular flexibility index (Phi) is 4.01. The minimum absolute atomic E-state index is 0.342. The molecule has 0 aliphatic rings. The van der Waals surface area contributed by atoms with Crippen LogP contribution in [0.15, 0.2) is 60.8 Å². The van der Waals surface area contributed by atoms with Crippen molar-refractivity contribution in [2.24, 2.45) is 0 Å². The van der Waals surface area contributed by atoms with Crippen molar-refractivity contribution < 1.29 is 9.59 Å². The van der Waals surface area contributed by atoms with Crippen LogP contribution in [0.3, 0.4) is 0 Å². The van der Waals surface area contributed by atoms with Crippen LogP contribution in [0.1, 0.15) is 5.56 Å². The summed E-state index contributed by atoms with van der Waals surface area (Å²) in [6.07, 6.45) is 1.62. The average Bonchev–Trinajstić information content (AvgIpc) is 2.56. The van der Waals surface area contributed by atoms with Gasteiger partial charge in [0.05, 0.1) is 0 Å². The molecule has 0 saturated heterocycles. The monoisotopic (exact) mass is 305 g/mol. The molecule has 23 heavy (non-hydrogen) atoms. The molecular weight excluding hydrogens is 290 g/mol. The van der Waals surface area contributed by atoms with E-state index in [9.17, 15) is 9.59 Å². The molecule has 0 aliphatic heterocycles. The summed E-state index contributed by atoms with van der Waals surface area (Å²) in [5.74, 6) is -1.15. The zero-order valence-corrected chi connectivity index (χ0v) is 12.5. The van der Waals surface area contributed by atoms with E-state index < -0.39 is 11.8 Å². The van der Waals surface area contributed by atoms with Gasteiger partial charge in [-0.15, -0.1) is 0 Å². The maximum absolute atomic E-state index is 12.0. The molecule has 0 saturated carbocycles. The van der Waals surface area contributed by atoms with Crippen molar-refractivity contribution in [1.82, 2.24) is 4.98 Å². The number of fused-ring (bicyclic) bond motifs is 1. The van der Waals surface area contributed by atoms with Gasteiger partial charge in [0.15, 0.2) is 0 Å². The first kappa shape index (κ1) is 14.7. The second-order valence-corrected chi connectivity index (χ2v) is 5.19. The molecule has 2 amide bonds. The van der Waals surface area contributed by atoms with Gasteiger partial charge in [0, 0.05) is 11.9 Å². The summed E-state index contributed by atoms with van der Waals surface area (Å²) in [7, 11) is 0. The van der Waals surface area contributed by atoms with Crippen LogP contribution in [-0.4, -0.2) is 16.8 Å². The third kappa shape index (κ3) is 3.52. The predicted octanol–water partition coefficient (Wildman–Crippen LogP) is 3.12. The van der Waals surface area contributed by atoms with Gasteiger partial charge in [-0.3, -0.25) is 9.59 Å². The summed E-state index contributed by atoms with van der Waals surface area (Å²) < 4.78 is 0. The molecule has 5 heteroatoms. The number of rotatable bonds is 2. The van der Waals surface area contributed by atoms with Crippen LogP contribution in [0, 0.1) is 6.92 Å². The second kappa shape index (κ2) is 6.27. The van der Waals surface area contributed by atoms with Gasteiger partial charge in [0.2, 0.25) is 0 Å². The van der Waals surface area contributed by atoms with Crippen molar-refractivity contribution in [2.45, 2.75) is 6.92 Å². The fourth-order valence-corrected chi connectivity index (χ4v) is 2.17. The number of benzene rings is 2. The number of nitrogens with zero attached hydrogens (tertiary/aromatic N) is 1. The summed E-state index contributed by atoms with van der Waals surface area (Å²) in [6, 6.07) is 16.7. The Labute approximate surface area is 133 Å². The summed E-state index contributed by atoms with van der Waals surface area (Å²) in [6.45, 7) is 1.89. The number of hydrogen-bond donors (Lipinski definition) is 2. The topological polar surface area (TPSA) is 71.1 Å². The molecule has 3 rings (SSSR count). The van der Waals surface area contributed by atoms with Crippen molar-refractivity contribution in [3.63, 3.8) is 0 Å². The Morgan fingerprint density at radius 3 is 2.35 bits per heavy atom. The van der Waals surface area contributed by atoms with Crippen LogP contribution < -0.4 is 10.6 Å². The van der Waals surface area contributed by atoms with Crippen LogP contribution in [0.25, 0.3) is 10.8 Å². The summed E-state index contributed by atoms with van der Waals surface area (Å²) in [5.41, 5.74) is 1.55. The lowest BCUT2D eigenvalue weighted by Gasteiger charge is -2.07. The first-order chi connectivity index (χ1) is 11.1. The van der Waals surface area contributed by atoms with Crippen molar-refractivity contribution in [3.8, 4) is 0 Å². The maximum Gasteiger partial charge on any atom is 0.315 e. The Morgan fingerprint density at radius 2 is 1.61 bits per heavy atom. The Balaban J connectivity index is 1.69. The number of anilines is 2. The first-order valence-corrected chi connectivity index (χ1v) is 7.15. The van der Waals surface area contributed by atoms with Crippen molar-refractivity contribution in [1.29, 1.82) is 0 Å². The normalized spacial score (nSPS) is 10.3. The van der Waals surface area contributed by atoms with Crippen LogP contribution in [-0.2, 0) is 9.59 Å². The molecule has 1 heterocycles. The van der Waals surface area contributed by atoms with E-state index in [2.05, 4.69) is 15.6 Å². The molecule has 1 aromatic heterocycles. The molecule has 2 N–H and O–H groups in total. The highest BCUT2D eigenvalue weighted by Gasteiger charge is 2.14. The minimum Gasteiger partial charge on any atom is -0.318 e. The average molecular weight is 305 g/mol.